The summed E-state index contributed by atoms with van der Waals surface area (Å²) in [6.45, 7) is 4.36. The van der Waals surface area contributed by atoms with Crippen LogP contribution < -0.4 is 0 Å². The predicted octanol–water partition coefficient (Wildman–Crippen LogP) is 2.05. The minimum Gasteiger partial charge on any atom is -0.380 e. The Morgan fingerprint density at radius 3 is 2.62 bits per heavy atom. The van der Waals surface area contributed by atoms with E-state index in [1.807, 2.05) is 37.3 Å². The fraction of sp³-hybridized carbons (Fsp3) is 0.538. The molecule has 16 heavy (non-hydrogen) atoms. The molecule has 0 aliphatic carbocycles. The molecule has 1 saturated heterocycles. The smallest absolute Gasteiger partial charge is 0.190 e. The Balaban J connectivity index is 2.18. The highest BCUT2D eigenvalue weighted by Gasteiger charge is 2.38. The van der Waals surface area contributed by atoms with Crippen molar-refractivity contribution in [2.45, 2.75) is 38.3 Å². The van der Waals surface area contributed by atoms with Crippen LogP contribution in [0.2, 0.25) is 0 Å². The average molecular weight is 222 g/mol. The molecule has 0 radical (unpaired) electrons. The van der Waals surface area contributed by atoms with Gasteiger partial charge in [0.15, 0.2) is 6.29 Å². The van der Waals surface area contributed by atoms with Crippen LogP contribution in [0.1, 0.15) is 25.8 Å². The fourth-order valence-electron chi connectivity index (χ4n) is 1.87. The van der Waals surface area contributed by atoms with Crippen LogP contribution in [0.15, 0.2) is 30.3 Å². The van der Waals surface area contributed by atoms with E-state index in [1.165, 1.54) is 0 Å². The van der Waals surface area contributed by atoms with Crippen molar-refractivity contribution in [3.05, 3.63) is 35.9 Å². The summed E-state index contributed by atoms with van der Waals surface area (Å²) in [6.07, 6.45) is 0.425. The van der Waals surface area contributed by atoms with Gasteiger partial charge in [0.1, 0.15) is 5.60 Å². The van der Waals surface area contributed by atoms with Crippen LogP contribution in [0.3, 0.4) is 0 Å². The van der Waals surface area contributed by atoms with Crippen molar-refractivity contribution in [2.24, 2.45) is 0 Å². The highest BCUT2D eigenvalue weighted by atomic mass is 16.7. The summed E-state index contributed by atoms with van der Waals surface area (Å²) in [7, 11) is 0. The van der Waals surface area contributed by atoms with Crippen LogP contribution in [0.25, 0.3) is 0 Å². The van der Waals surface area contributed by atoms with Gasteiger partial charge >= 0.3 is 0 Å². The highest BCUT2D eigenvalue weighted by molar-refractivity contribution is 5.22. The Hall–Kier alpha value is -0.900. The average Bonchev–Trinajstić information content (AvgIpc) is 2.30. The normalized spacial score (nSPS) is 29.7. The molecule has 88 valence electrons. The number of rotatable bonds is 2. The molecule has 0 bridgehead atoms. The molecule has 3 atom stereocenters. The molecule has 0 aromatic heterocycles. The lowest BCUT2D eigenvalue weighted by atomic mass is 9.95. The molecule has 1 fully saturated rings. The molecule has 0 saturated carbocycles. The van der Waals surface area contributed by atoms with Gasteiger partial charge in [-0.25, -0.2) is 0 Å². The van der Waals surface area contributed by atoms with E-state index in [2.05, 4.69) is 0 Å². The van der Waals surface area contributed by atoms with E-state index < -0.39 is 11.9 Å². The molecule has 1 aliphatic heterocycles. The van der Waals surface area contributed by atoms with E-state index >= 15 is 0 Å². The topological polar surface area (TPSA) is 38.7 Å². The second-order valence-electron chi connectivity index (χ2n) is 4.45. The number of ether oxygens (including phenoxy) is 2. The first-order valence-corrected chi connectivity index (χ1v) is 5.65. The number of benzene rings is 1. The Labute approximate surface area is 96.0 Å². The molecule has 1 aromatic rings. The molecule has 1 aromatic carbocycles. The third-order valence-corrected chi connectivity index (χ3v) is 2.97. The quantitative estimate of drug-likeness (QED) is 0.832. The minimum absolute atomic E-state index is 0.133. The first kappa shape index (κ1) is 11.6. The SMILES string of the molecule is C[C@H]1CCO[C@@H]([C@@](C)(O)c2ccccc2)O1. The van der Waals surface area contributed by atoms with Crippen molar-refractivity contribution in [1.82, 2.24) is 0 Å². The molecule has 0 spiro atoms. The second kappa shape index (κ2) is 4.53. The number of hydrogen-bond acceptors (Lipinski definition) is 3. The lowest BCUT2D eigenvalue weighted by molar-refractivity contribution is -0.280. The molecular weight excluding hydrogens is 204 g/mol. The van der Waals surface area contributed by atoms with E-state index in [1.54, 1.807) is 6.92 Å². The van der Waals surface area contributed by atoms with Crippen LogP contribution >= 0.6 is 0 Å². The van der Waals surface area contributed by atoms with Crippen molar-refractivity contribution in [1.29, 1.82) is 0 Å². The summed E-state index contributed by atoms with van der Waals surface area (Å²) in [6, 6.07) is 9.48. The van der Waals surface area contributed by atoms with Crippen molar-refractivity contribution in [2.75, 3.05) is 6.61 Å². The van der Waals surface area contributed by atoms with Gasteiger partial charge in [0.05, 0.1) is 12.7 Å². The van der Waals surface area contributed by atoms with Gasteiger partial charge in [-0.3, -0.25) is 0 Å². The highest BCUT2D eigenvalue weighted by Crippen LogP contribution is 2.30. The fourth-order valence-corrected chi connectivity index (χ4v) is 1.87. The van der Waals surface area contributed by atoms with Crippen LogP contribution in [0, 0.1) is 0 Å². The van der Waals surface area contributed by atoms with Crippen LogP contribution in [0.5, 0.6) is 0 Å². The zero-order chi connectivity index (χ0) is 11.6. The van der Waals surface area contributed by atoms with Crippen molar-refractivity contribution < 1.29 is 14.6 Å². The minimum atomic E-state index is -1.10. The number of aliphatic hydroxyl groups is 1. The monoisotopic (exact) mass is 222 g/mol. The van der Waals surface area contributed by atoms with E-state index in [9.17, 15) is 5.11 Å². The predicted molar refractivity (Wildman–Crippen MR) is 60.9 cm³/mol. The summed E-state index contributed by atoms with van der Waals surface area (Å²) in [5.41, 5.74) is -0.287. The van der Waals surface area contributed by atoms with E-state index in [4.69, 9.17) is 9.47 Å². The number of hydrogen-bond donors (Lipinski definition) is 1. The van der Waals surface area contributed by atoms with Gasteiger partial charge in [0.2, 0.25) is 0 Å². The van der Waals surface area contributed by atoms with Gasteiger partial charge in [-0.2, -0.15) is 0 Å². The summed E-state index contributed by atoms with van der Waals surface area (Å²) >= 11 is 0. The maximum atomic E-state index is 10.5. The Bertz CT molecular complexity index is 334. The zero-order valence-corrected chi connectivity index (χ0v) is 9.72. The van der Waals surface area contributed by atoms with Gasteiger partial charge in [-0.05, 0) is 25.8 Å². The lowest BCUT2D eigenvalue weighted by Crippen LogP contribution is -2.45. The standard InChI is InChI=1S/C13H18O3/c1-10-8-9-15-12(16-10)13(2,14)11-6-4-3-5-7-11/h3-7,10,12,14H,8-9H2,1-2H3/t10-,12+,13-/m0/s1. The summed E-state index contributed by atoms with van der Waals surface area (Å²) in [4.78, 5) is 0. The molecule has 1 aliphatic rings. The Morgan fingerprint density at radius 1 is 1.31 bits per heavy atom. The zero-order valence-electron chi connectivity index (χ0n) is 9.72. The van der Waals surface area contributed by atoms with Crippen molar-refractivity contribution in [3.63, 3.8) is 0 Å². The molecule has 0 amide bonds. The second-order valence-corrected chi connectivity index (χ2v) is 4.45. The molecule has 1 heterocycles. The Kier molecular flexibility index (Phi) is 3.28. The van der Waals surface area contributed by atoms with Gasteiger partial charge < -0.3 is 14.6 Å². The molecule has 1 N–H and O–H groups in total. The third-order valence-electron chi connectivity index (χ3n) is 2.97. The summed E-state index contributed by atoms with van der Waals surface area (Å²) in [5, 5.41) is 10.5. The van der Waals surface area contributed by atoms with Gasteiger partial charge in [0, 0.05) is 0 Å². The first-order valence-electron chi connectivity index (χ1n) is 5.65. The lowest BCUT2D eigenvalue weighted by Gasteiger charge is -2.37. The van der Waals surface area contributed by atoms with Crippen molar-refractivity contribution in [3.8, 4) is 0 Å². The van der Waals surface area contributed by atoms with Crippen LogP contribution in [0.4, 0.5) is 0 Å². The van der Waals surface area contributed by atoms with Gasteiger partial charge in [0.25, 0.3) is 0 Å². The van der Waals surface area contributed by atoms with Crippen LogP contribution in [-0.4, -0.2) is 24.1 Å². The summed E-state index contributed by atoms with van der Waals surface area (Å²) in [5.74, 6) is 0. The molecule has 0 unspecified atom stereocenters. The molecule has 3 nitrogen and oxygen atoms in total. The third kappa shape index (κ3) is 2.26. The van der Waals surface area contributed by atoms with Gasteiger partial charge in [-0.1, -0.05) is 30.3 Å². The maximum absolute atomic E-state index is 10.5. The van der Waals surface area contributed by atoms with Gasteiger partial charge in [-0.15, -0.1) is 0 Å². The van der Waals surface area contributed by atoms with E-state index in [-0.39, 0.29) is 6.10 Å². The Morgan fingerprint density at radius 2 is 2.00 bits per heavy atom. The largest absolute Gasteiger partial charge is 0.380 e. The first-order chi connectivity index (χ1) is 7.60. The molecular formula is C13H18O3. The van der Waals surface area contributed by atoms with E-state index in [0.717, 1.165) is 12.0 Å². The summed E-state index contributed by atoms with van der Waals surface area (Å²) < 4.78 is 11.1. The van der Waals surface area contributed by atoms with E-state index in [0.29, 0.717) is 6.61 Å². The molecule has 3 heteroatoms. The maximum Gasteiger partial charge on any atom is 0.190 e. The van der Waals surface area contributed by atoms with Crippen molar-refractivity contribution >= 4 is 0 Å². The van der Waals surface area contributed by atoms with Crippen LogP contribution in [-0.2, 0) is 15.1 Å². The molecule has 2 rings (SSSR count).